The lowest BCUT2D eigenvalue weighted by atomic mass is 9.78. The van der Waals surface area contributed by atoms with Crippen LogP contribution >= 0.6 is 0 Å². The molecular weight excluding hydrogens is 348 g/mol. The van der Waals surface area contributed by atoms with Crippen molar-refractivity contribution in [3.05, 3.63) is 0 Å². The lowest BCUT2D eigenvalue weighted by Crippen LogP contribution is -2.55. The number of carbonyl (C=O) groups is 2. The van der Waals surface area contributed by atoms with Gasteiger partial charge in [0.05, 0.1) is 18.1 Å². The van der Waals surface area contributed by atoms with Gasteiger partial charge >= 0.3 is 5.97 Å². The minimum Gasteiger partial charge on any atom is -0.459 e. The molecule has 1 aliphatic heterocycles. The van der Waals surface area contributed by atoms with E-state index in [2.05, 4.69) is 6.92 Å². The number of esters is 1. The molecule has 8 atom stereocenters. The normalized spacial score (nSPS) is 43.1. The van der Waals surface area contributed by atoms with Gasteiger partial charge in [-0.1, -0.05) is 34.6 Å². The Labute approximate surface area is 163 Å². The number of ether oxygens (including phenoxy) is 2. The van der Waals surface area contributed by atoms with Crippen LogP contribution in [0, 0.1) is 23.7 Å². The predicted octanol–water partition coefficient (Wildman–Crippen LogP) is 2.73. The van der Waals surface area contributed by atoms with Gasteiger partial charge in [0.25, 0.3) is 0 Å². The van der Waals surface area contributed by atoms with Crippen molar-refractivity contribution in [3.63, 3.8) is 0 Å². The van der Waals surface area contributed by atoms with Crippen molar-refractivity contribution in [2.24, 2.45) is 23.7 Å². The maximum absolute atomic E-state index is 12.8. The quantitative estimate of drug-likeness (QED) is 0.709. The zero-order valence-electron chi connectivity index (χ0n) is 17.9. The van der Waals surface area contributed by atoms with E-state index in [1.54, 1.807) is 21.0 Å². The van der Waals surface area contributed by atoms with Gasteiger partial charge in [-0.2, -0.15) is 0 Å². The number of methoxy groups -OCH3 is 1. The molecule has 0 bridgehead atoms. The number of carbonyl (C=O) groups excluding carboxylic acids is 2. The molecule has 6 nitrogen and oxygen atoms in total. The van der Waals surface area contributed by atoms with Crippen molar-refractivity contribution >= 4 is 11.8 Å². The number of aliphatic hydroxyl groups excluding tert-OH is 1. The van der Waals surface area contributed by atoms with Gasteiger partial charge < -0.3 is 19.7 Å². The van der Waals surface area contributed by atoms with Crippen molar-refractivity contribution in [1.82, 2.24) is 0 Å². The number of ketones is 1. The van der Waals surface area contributed by atoms with Gasteiger partial charge in [0, 0.05) is 18.9 Å². The Balaban J connectivity index is 3.21. The fourth-order valence-electron chi connectivity index (χ4n) is 4.22. The summed E-state index contributed by atoms with van der Waals surface area (Å²) < 4.78 is 11.1. The van der Waals surface area contributed by atoms with E-state index in [1.165, 1.54) is 6.92 Å². The van der Waals surface area contributed by atoms with E-state index >= 15 is 0 Å². The number of hydrogen-bond acceptors (Lipinski definition) is 6. The van der Waals surface area contributed by atoms with Crippen LogP contribution in [0.5, 0.6) is 0 Å². The Kier molecular flexibility index (Phi) is 8.90. The number of aliphatic hydroxyl groups is 2. The molecule has 6 heteroatoms. The Morgan fingerprint density at radius 1 is 1.11 bits per heavy atom. The second-order valence-electron chi connectivity index (χ2n) is 8.67. The third-order valence-electron chi connectivity index (χ3n) is 6.06. The van der Waals surface area contributed by atoms with E-state index in [1.807, 2.05) is 13.8 Å². The summed E-state index contributed by atoms with van der Waals surface area (Å²) in [4.78, 5) is 25.4. The minimum atomic E-state index is -1.71. The van der Waals surface area contributed by atoms with Gasteiger partial charge in [-0.05, 0) is 38.5 Å². The highest BCUT2D eigenvalue weighted by Gasteiger charge is 2.46. The molecular formula is C21H38O6. The SMILES string of the molecule is CC[C@H]1OC(=O)[C@H](C)C[C@H](C)C[C@H](OC)C[C@@H](C)C(=O)[C@H](C)[C@@H](O)[C@]1(C)O. The van der Waals surface area contributed by atoms with Gasteiger partial charge in [-0.15, -0.1) is 0 Å². The summed E-state index contributed by atoms with van der Waals surface area (Å²) >= 11 is 0. The summed E-state index contributed by atoms with van der Waals surface area (Å²) in [6.45, 7) is 10.6. The second-order valence-corrected chi connectivity index (χ2v) is 8.67. The van der Waals surface area contributed by atoms with Gasteiger partial charge in [0.1, 0.15) is 17.5 Å². The number of cyclic esters (lactones) is 1. The van der Waals surface area contributed by atoms with E-state index < -0.39 is 23.7 Å². The molecule has 1 fully saturated rings. The fraction of sp³-hybridized carbons (Fsp3) is 0.905. The summed E-state index contributed by atoms with van der Waals surface area (Å²) in [6.07, 6.45) is -0.0228. The van der Waals surface area contributed by atoms with Crippen LogP contribution in [0.4, 0.5) is 0 Å². The average Bonchev–Trinajstić information content (AvgIpc) is 2.61. The van der Waals surface area contributed by atoms with E-state index in [0.29, 0.717) is 19.3 Å². The monoisotopic (exact) mass is 386 g/mol. The highest BCUT2D eigenvalue weighted by molar-refractivity contribution is 5.83. The lowest BCUT2D eigenvalue weighted by molar-refractivity contribution is -0.190. The Bertz CT molecular complexity index is 503. The smallest absolute Gasteiger partial charge is 0.309 e. The first kappa shape index (κ1) is 24.1. The molecule has 1 saturated heterocycles. The van der Waals surface area contributed by atoms with E-state index in [0.717, 1.165) is 6.42 Å². The second kappa shape index (κ2) is 9.99. The molecule has 27 heavy (non-hydrogen) atoms. The molecule has 0 spiro atoms. The van der Waals surface area contributed by atoms with Crippen LogP contribution < -0.4 is 0 Å². The molecule has 0 aromatic heterocycles. The molecule has 0 saturated carbocycles. The van der Waals surface area contributed by atoms with Crippen LogP contribution in [0.15, 0.2) is 0 Å². The summed E-state index contributed by atoms with van der Waals surface area (Å²) in [7, 11) is 1.63. The summed E-state index contributed by atoms with van der Waals surface area (Å²) in [6, 6.07) is 0. The molecule has 2 N–H and O–H groups in total. The highest BCUT2D eigenvalue weighted by Crippen LogP contribution is 2.31. The summed E-state index contributed by atoms with van der Waals surface area (Å²) in [5.74, 6) is -1.68. The van der Waals surface area contributed by atoms with E-state index in [4.69, 9.17) is 9.47 Å². The molecule has 1 rings (SSSR count). The van der Waals surface area contributed by atoms with Crippen LogP contribution in [0.3, 0.4) is 0 Å². The first-order valence-electron chi connectivity index (χ1n) is 10.1. The van der Waals surface area contributed by atoms with Crippen LogP contribution in [0.2, 0.25) is 0 Å². The van der Waals surface area contributed by atoms with Gasteiger partial charge in [-0.25, -0.2) is 0 Å². The van der Waals surface area contributed by atoms with E-state index in [-0.39, 0.29) is 35.6 Å². The van der Waals surface area contributed by atoms with E-state index in [9.17, 15) is 19.8 Å². The number of rotatable bonds is 2. The Morgan fingerprint density at radius 3 is 2.22 bits per heavy atom. The first-order chi connectivity index (χ1) is 12.4. The molecule has 158 valence electrons. The maximum atomic E-state index is 12.8. The van der Waals surface area contributed by atoms with Crippen molar-refractivity contribution in [2.75, 3.05) is 7.11 Å². The molecule has 1 aliphatic rings. The molecule has 0 amide bonds. The molecule has 0 unspecified atom stereocenters. The van der Waals surface area contributed by atoms with Crippen LogP contribution in [0.1, 0.15) is 67.2 Å². The highest BCUT2D eigenvalue weighted by atomic mass is 16.6. The van der Waals surface area contributed by atoms with Crippen LogP contribution in [0.25, 0.3) is 0 Å². The minimum absolute atomic E-state index is 0.0987. The van der Waals surface area contributed by atoms with Gasteiger partial charge in [0.15, 0.2) is 0 Å². The zero-order valence-corrected chi connectivity index (χ0v) is 17.9. The standard InChI is InChI=1S/C21H38O6/c1-8-17-21(6,25)19(23)15(5)18(22)13(3)11-16(26-7)10-12(2)9-14(4)20(24)27-17/h12-17,19,23,25H,8-11H2,1-7H3/t12-,13+,14+,15-,16-,17+,19+,21+/m0/s1. The van der Waals surface area contributed by atoms with Crippen molar-refractivity contribution < 1.29 is 29.3 Å². The topological polar surface area (TPSA) is 93.1 Å². The Hall–Kier alpha value is -0.980. The largest absolute Gasteiger partial charge is 0.459 e. The third-order valence-corrected chi connectivity index (χ3v) is 6.06. The molecule has 0 radical (unpaired) electrons. The zero-order chi connectivity index (χ0) is 20.9. The first-order valence-corrected chi connectivity index (χ1v) is 10.1. The van der Waals surface area contributed by atoms with Crippen LogP contribution in [-0.2, 0) is 19.1 Å². The fourth-order valence-corrected chi connectivity index (χ4v) is 4.22. The molecule has 0 aliphatic carbocycles. The van der Waals surface area contributed by atoms with Gasteiger partial charge in [0.2, 0.25) is 0 Å². The third kappa shape index (κ3) is 6.00. The number of hydrogen-bond donors (Lipinski definition) is 2. The van der Waals surface area contributed by atoms with Crippen molar-refractivity contribution in [3.8, 4) is 0 Å². The van der Waals surface area contributed by atoms with Crippen LogP contribution in [-0.4, -0.2) is 53.0 Å². The van der Waals surface area contributed by atoms with Crippen molar-refractivity contribution in [1.29, 1.82) is 0 Å². The lowest BCUT2D eigenvalue weighted by Gasteiger charge is -2.39. The summed E-state index contributed by atoms with van der Waals surface area (Å²) in [5.41, 5.74) is -1.71. The Morgan fingerprint density at radius 2 is 1.70 bits per heavy atom. The van der Waals surface area contributed by atoms with Crippen molar-refractivity contribution in [2.45, 2.75) is 91.1 Å². The predicted molar refractivity (Wildman–Crippen MR) is 103 cm³/mol. The van der Waals surface area contributed by atoms with Gasteiger partial charge in [-0.3, -0.25) is 9.59 Å². The summed E-state index contributed by atoms with van der Waals surface area (Å²) in [5, 5.41) is 21.7. The molecule has 1 heterocycles. The molecule has 0 aromatic carbocycles. The maximum Gasteiger partial charge on any atom is 0.309 e. The molecule has 0 aromatic rings. The average molecular weight is 387 g/mol. The number of Topliss-reactive ketones (excluding diaryl/α,β-unsaturated/α-hetero) is 1.